The van der Waals surface area contributed by atoms with Gasteiger partial charge in [0, 0.05) is 31.5 Å². The van der Waals surface area contributed by atoms with Crippen molar-refractivity contribution in [3.63, 3.8) is 0 Å². The van der Waals surface area contributed by atoms with Crippen LogP contribution in [0.25, 0.3) is 0 Å². The number of carbonyl (C=O) groups excluding carboxylic acids is 1. The Morgan fingerprint density at radius 2 is 1.75 bits per heavy atom. The fraction of sp³-hybridized carbons (Fsp3) is 0.588. The summed E-state index contributed by atoms with van der Waals surface area (Å²) in [7, 11) is 0. The molecule has 1 unspecified atom stereocenters. The van der Waals surface area contributed by atoms with Crippen LogP contribution in [0.3, 0.4) is 0 Å². The van der Waals surface area contributed by atoms with Crippen LogP contribution in [0.5, 0.6) is 0 Å². The van der Waals surface area contributed by atoms with E-state index in [1.54, 1.807) is 0 Å². The van der Waals surface area contributed by atoms with Crippen molar-refractivity contribution in [1.29, 1.82) is 0 Å². The van der Waals surface area contributed by atoms with Crippen molar-refractivity contribution in [2.24, 2.45) is 5.73 Å². The third kappa shape index (κ3) is 3.60. The van der Waals surface area contributed by atoms with Crippen LogP contribution in [0.1, 0.15) is 44.6 Å². The van der Waals surface area contributed by atoms with Gasteiger partial charge >= 0.3 is 0 Å². The Balaban J connectivity index is 2.07. The van der Waals surface area contributed by atoms with Crippen LogP contribution < -0.4 is 5.73 Å². The summed E-state index contributed by atoms with van der Waals surface area (Å²) < 4.78 is 0. The van der Waals surface area contributed by atoms with Gasteiger partial charge in [0.1, 0.15) is 0 Å². The monoisotopic (exact) mass is 274 g/mol. The summed E-state index contributed by atoms with van der Waals surface area (Å²) in [4.78, 5) is 14.6. The van der Waals surface area contributed by atoms with E-state index in [9.17, 15) is 4.79 Å². The van der Waals surface area contributed by atoms with E-state index in [-0.39, 0.29) is 11.3 Å². The molecule has 3 nitrogen and oxygen atoms in total. The maximum Gasteiger partial charge on any atom is 0.223 e. The van der Waals surface area contributed by atoms with Gasteiger partial charge in [-0.05, 0) is 18.4 Å². The molecule has 1 atom stereocenters. The average Bonchev–Trinajstić information content (AvgIpc) is 2.77. The van der Waals surface area contributed by atoms with Crippen molar-refractivity contribution >= 4 is 5.91 Å². The van der Waals surface area contributed by atoms with E-state index in [0.717, 1.165) is 31.5 Å². The summed E-state index contributed by atoms with van der Waals surface area (Å²) in [6.07, 6.45) is 5.27. The van der Waals surface area contributed by atoms with Crippen LogP contribution in [0.4, 0.5) is 0 Å². The van der Waals surface area contributed by atoms with Gasteiger partial charge in [-0.2, -0.15) is 0 Å². The van der Waals surface area contributed by atoms with Crippen molar-refractivity contribution in [2.45, 2.75) is 44.4 Å². The van der Waals surface area contributed by atoms with Crippen molar-refractivity contribution in [1.82, 2.24) is 4.90 Å². The summed E-state index contributed by atoms with van der Waals surface area (Å²) in [5.74, 6) is 0.253. The summed E-state index contributed by atoms with van der Waals surface area (Å²) in [6.45, 7) is 4.41. The topological polar surface area (TPSA) is 46.3 Å². The summed E-state index contributed by atoms with van der Waals surface area (Å²) in [5.41, 5.74) is 6.88. The lowest BCUT2D eigenvalue weighted by Crippen LogP contribution is -2.40. The maximum atomic E-state index is 12.6. The number of likely N-dealkylation sites (tertiary alicyclic amines) is 1. The minimum absolute atomic E-state index is 0.253. The zero-order valence-electron chi connectivity index (χ0n) is 12.5. The molecule has 2 N–H and O–H groups in total. The second kappa shape index (κ2) is 6.89. The number of hydrogen-bond donors (Lipinski definition) is 1. The first-order valence-electron chi connectivity index (χ1n) is 7.69. The highest BCUT2D eigenvalue weighted by atomic mass is 16.2. The standard InChI is InChI=1S/C17H26N2O/c1-17(14-18,15-9-5-4-6-10-15)13-16(20)19-11-7-2-3-8-12-19/h4-6,9-10H,2-3,7-8,11-14,18H2,1H3. The third-order valence-corrected chi connectivity index (χ3v) is 4.42. The number of carbonyl (C=O) groups is 1. The fourth-order valence-electron chi connectivity index (χ4n) is 2.90. The van der Waals surface area contributed by atoms with E-state index >= 15 is 0 Å². The minimum atomic E-state index is -0.259. The number of nitrogens with two attached hydrogens (primary N) is 1. The van der Waals surface area contributed by atoms with Crippen LogP contribution in [-0.4, -0.2) is 30.4 Å². The highest BCUT2D eigenvalue weighted by molar-refractivity contribution is 5.78. The van der Waals surface area contributed by atoms with Crippen LogP contribution >= 0.6 is 0 Å². The quantitative estimate of drug-likeness (QED) is 0.917. The molecule has 0 bridgehead atoms. The first kappa shape index (κ1) is 15.0. The zero-order valence-corrected chi connectivity index (χ0v) is 12.5. The van der Waals surface area contributed by atoms with E-state index < -0.39 is 0 Å². The number of nitrogens with zero attached hydrogens (tertiary/aromatic N) is 1. The minimum Gasteiger partial charge on any atom is -0.343 e. The van der Waals surface area contributed by atoms with Gasteiger partial charge < -0.3 is 10.6 Å². The number of rotatable bonds is 4. The SMILES string of the molecule is CC(CN)(CC(=O)N1CCCCCC1)c1ccccc1. The predicted molar refractivity (Wildman–Crippen MR) is 82.5 cm³/mol. The molecule has 3 heteroatoms. The van der Waals surface area contributed by atoms with Crippen molar-refractivity contribution in [3.8, 4) is 0 Å². The average molecular weight is 274 g/mol. The largest absolute Gasteiger partial charge is 0.343 e. The number of amides is 1. The van der Waals surface area contributed by atoms with Crippen LogP contribution in [0.2, 0.25) is 0 Å². The smallest absolute Gasteiger partial charge is 0.223 e. The van der Waals surface area contributed by atoms with Crippen LogP contribution in [0.15, 0.2) is 30.3 Å². The lowest BCUT2D eigenvalue weighted by atomic mass is 9.79. The van der Waals surface area contributed by atoms with Crippen LogP contribution in [0, 0.1) is 0 Å². The van der Waals surface area contributed by atoms with Gasteiger partial charge in [-0.15, -0.1) is 0 Å². The van der Waals surface area contributed by atoms with Gasteiger partial charge in [-0.1, -0.05) is 50.1 Å². The summed E-state index contributed by atoms with van der Waals surface area (Å²) in [5, 5.41) is 0. The number of benzene rings is 1. The van der Waals surface area contributed by atoms with E-state index in [1.807, 2.05) is 23.1 Å². The molecule has 1 aliphatic rings. The molecule has 2 rings (SSSR count). The van der Waals surface area contributed by atoms with Gasteiger partial charge in [0.2, 0.25) is 5.91 Å². The second-order valence-corrected chi connectivity index (χ2v) is 6.10. The van der Waals surface area contributed by atoms with E-state index in [1.165, 1.54) is 12.8 Å². The Labute approximate surface area is 122 Å². The highest BCUT2D eigenvalue weighted by Crippen LogP contribution is 2.27. The molecule has 20 heavy (non-hydrogen) atoms. The number of hydrogen-bond acceptors (Lipinski definition) is 2. The predicted octanol–water partition coefficient (Wildman–Crippen LogP) is 2.70. The maximum absolute atomic E-state index is 12.6. The molecule has 0 aliphatic carbocycles. The molecular formula is C17H26N2O. The molecule has 1 heterocycles. The van der Waals surface area contributed by atoms with Gasteiger partial charge in [-0.3, -0.25) is 4.79 Å². The molecule has 1 saturated heterocycles. The highest BCUT2D eigenvalue weighted by Gasteiger charge is 2.30. The molecule has 1 amide bonds. The molecule has 110 valence electrons. The van der Waals surface area contributed by atoms with Gasteiger partial charge in [0.15, 0.2) is 0 Å². The van der Waals surface area contributed by atoms with Gasteiger partial charge in [0.25, 0.3) is 0 Å². The van der Waals surface area contributed by atoms with Crippen molar-refractivity contribution in [2.75, 3.05) is 19.6 Å². The van der Waals surface area contributed by atoms with E-state index in [4.69, 9.17) is 5.73 Å². The van der Waals surface area contributed by atoms with Crippen molar-refractivity contribution < 1.29 is 4.79 Å². The Morgan fingerprint density at radius 1 is 1.15 bits per heavy atom. The van der Waals surface area contributed by atoms with Crippen molar-refractivity contribution in [3.05, 3.63) is 35.9 Å². The molecule has 0 radical (unpaired) electrons. The summed E-state index contributed by atoms with van der Waals surface area (Å²) in [6, 6.07) is 10.2. The molecule has 1 aliphatic heterocycles. The summed E-state index contributed by atoms with van der Waals surface area (Å²) >= 11 is 0. The Morgan fingerprint density at radius 3 is 2.30 bits per heavy atom. The van der Waals surface area contributed by atoms with E-state index in [2.05, 4.69) is 19.1 Å². The van der Waals surface area contributed by atoms with Crippen LogP contribution in [-0.2, 0) is 10.2 Å². The fourth-order valence-corrected chi connectivity index (χ4v) is 2.90. The Kier molecular flexibility index (Phi) is 5.18. The van der Waals surface area contributed by atoms with E-state index in [0.29, 0.717) is 13.0 Å². The normalized spacial score (nSPS) is 19.2. The first-order valence-corrected chi connectivity index (χ1v) is 7.69. The Bertz CT molecular complexity index is 424. The molecule has 0 aromatic heterocycles. The Hall–Kier alpha value is -1.35. The second-order valence-electron chi connectivity index (χ2n) is 6.10. The lowest BCUT2D eigenvalue weighted by Gasteiger charge is -2.31. The van der Waals surface area contributed by atoms with Gasteiger partial charge in [0.05, 0.1) is 0 Å². The molecular weight excluding hydrogens is 248 g/mol. The first-order chi connectivity index (χ1) is 9.65. The molecule has 1 aromatic rings. The lowest BCUT2D eigenvalue weighted by molar-refractivity contribution is -0.132. The molecule has 0 spiro atoms. The third-order valence-electron chi connectivity index (χ3n) is 4.42. The molecule has 1 fully saturated rings. The van der Waals surface area contributed by atoms with Gasteiger partial charge in [-0.25, -0.2) is 0 Å². The zero-order chi connectivity index (χ0) is 14.4. The molecule has 0 saturated carbocycles. The molecule has 1 aromatic carbocycles.